The van der Waals surface area contributed by atoms with Gasteiger partial charge in [0.2, 0.25) is 0 Å². The van der Waals surface area contributed by atoms with Gasteiger partial charge in [-0.3, -0.25) is 4.79 Å². The van der Waals surface area contributed by atoms with Crippen molar-refractivity contribution in [3.05, 3.63) is 24.3 Å². The average Bonchev–Trinajstić information content (AvgIpc) is 2.13. The van der Waals surface area contributed by atoms with Gasteiger partial charge in [-0.05, 0) is 6.92 Å². The van der Waals surface area contributed by atoms with Gasteiger partial charge in [-0.1, -0.05) is 13.2 Å². The van der Waals surface area contributed by atoms with E-state index in [9.17, 15) is 9.59 Å². The van der Waals surface area contributed by atoms with Gasteiger partial charge < -0.3 is 14.7 Å². The fourth-order valence-electron chi connectivity index (χ4n) is 0.748. The zero-order chi connectivity index (χ0) is 12.2. The molecule has 0 aliphatic rings. The smallest absolute Gasteiger partial charge is 0.340 e. The molecule has 0 aliphatic carbocycles. The molecule has 5 nitrogen and oxygen atoms in total. The van der Waals surface area contributed by atoms with Gasteiger partial charge in [-0.2, -0.15) is 0 Å². The summed E-state index contributed by atoms with van der Waals surface area (Å²) in [5, 5.41) is 8.79. The van der Waals surface area contributed by atoms with Gasteiger partial charge >= 0.3 is 5.97 Å². The Morgan fingerprint density at radius 2 is 1.73 bits per heavy atom. The van der Waals surface area contributed by atoms with E-state index < -0.39 is 18.2 Å². The van der Waals surface area contributed by atoms with Crippen molar-refractivity contribution in [2.24, 2.45) is 0 Å². The van der Waals surface area contributed by atoms with Crippen molar-refractivity contribution < 1.29 is 19.4 Å². The summed E-state index contributed by atoms with van der Waals surface area (Å²) in [6, 6.07) is 0. The minimum Gasteiger partial charge on any atom is -0.433 e. The van der Waals surface area contributed by atoms with E-state index in [-0.39, 0.29) is 11.1 Å². The number of ether oxygens (including phenoxy) is 1. The third-order valence-corrected chi connectivity index (χ3v) is 1.55. The first-order chi connectivity index (χ1) is 6.77. The van der Waals surface area contributed by atoms with Crippen LogP contribution in [0.5, 0.6) is 0 Å². The van der Waals surface area contributed by atoms with Gasteiger partial charge in [0.15, 0.2) is 6.29 Å². The summed E-state index contributed by atoms with van der Waals surface area (Å²) in [5.41, 5.74) is -0.208. The van der Waals surface area contributed by atoms with E-state index in [1.54, 1.807) is 0 Å². The molecule has 0 fully saturated rings. The van der Waals surface area contributed by atoms with Crippen LogP contribution in [0.2, 0.25) is 0 Å². The summed E-state index contributed by atoms with van der Waals surface area (Å²) in [4.78, 5) is 23.8. The normalized spacial score (nSPS) is 11.5. The maximum atomic E-state index is 11.4. The molecular weight excluding hydrogens is 198 g/mol. The second-order valence-corrected chi connectivity index (χ2v) is 3.16. The maximum Gasteiger partial charge on any atom is 0.340 e. The Labute approximate surface area is 88.6 Å². The van der Waals surface area contributed by atoms with E-state index >= 15 is 0 Å². The van der Waals surface area contributed by atoms with E-state index in [2.05, 4.69) is 17.9 Å². The number of esters is 1. The fraction of sp³-hybridized carbons (Fsp3) is 0.400. The van der Waals surface area contributed by atoms with Crippen molar-refractivity contribution >= 4 is 11.9 Å². The number of likely N-dealkylation sites (N-methyl/N-ethyl adjacent to an activating group) is 1. The van der Waals surface area contributed by atoms with Crippen LogP contribution in [-0.2, 0) is 14.3 Å². The summed E-state index contributed by atoms with van der Waals surface area (Å²) >= 11 is 0. The fourth-order valence-corrected chi connectivity index (χ4v) is 0.748. The number of hydrogen-bond donors (Lipinski definition) is 1. The van der Waals surface area contributed by atoms with Crippen molar-refractivity contribution in [1.29, 1.82) is 0 Å². The summed E-state index contributed by atoms with van der Waals surface area (Å²) in [6.07, 6.45) is -1.24. The quantitative estimate of drug-likeness (QED) is 0.310. The summed E-state index contributed by atoms with van der Waals surface area (Å²) in [5.74, 6) is -1.28. The lowest BCUT2D eigenvalue weighted by Gasteiger charge is -2.14. The Hall–Kier alpha value is -1.62. The summed E-state index contributed by atoms with van der Waals surface area (Å²) in [7, 11) is 3.06. The Morgan fingerprint density at radius 3 is 2.07 bits per heavy atom. The molecule has 1 N–H and O–H groups in total. The average molecular weight is 213 g/mol. The van der Waals surface area contributed by atoms with Crippen LogP contribution in [-0.4, -0.2) is 42.3 Å². The Kier molecular flexibility index (Phi) is 4.73. The van der Waals surface area contributed by atoms with Crippen LogP contribution in [0.3, 0.4) is 0 Å². The first-order valence-electron chi connectivity index (χ1n) is 4.26. The number of carbonyl (C=O) groups excluding carboxylic acids is 2. The number of carbonyl (C=O) groups is 2. The molecule has 1 amide bonds. The number of hydrogen-bond acceptors (Lipinski definition) is 4. The lowest BCUT2D eigenvalue weighted by Crippen LogP contribution is -2.26. The number of nitrogens with zero attached hydrogens (tertiary/aromatic N) is 1. The third-order valence-electron chi connectivity index (χ3n) is 1.55. The zero-order valence-electron chi connectivity index (χ0n) is 9.11. The molecule has 0 saturated heterocycles. The van der Waals surface area contributed by atoms with Gasteiger partial charge in [0.05, 0.1) is 5.57 Å². The van der Waals surface area contributed by atoms with E-state index in [1.807, 2.05) is 0 Å². The molecule has 15 heavy (non-hydrogen) atoms. The highest BCUT2D eigenvalue weighted by Crippen LogP contribution is 2.10. The first-order valence-corrected chi connectivity index (χ1v) is 4.26. The minimum atomic E-state index is -1.24. The van der Waals surface area contributed by atoms with Crippen LogP contribution < -0.4 is 0 Å². The highest BCUT2D eigenvalue weighted by Gasteiger charge is 2.20. The molecule has 0 aromatic rings. The SMILES string of the molecule is C=C(C(=C)C(=O)N(C)C)C(=O)OC(C)O. The lowest BCUT2D eigenvalue weighted by molar-refractivity contribution is -0.159. The summed E-state index contributed by atoms with van der Waals surface area (Å²) in [6.45, 7) is 8.09. The van der Waals surface area contributed by atoms with Crippen LogP contribution in [0.1, 0.15) is 6.92 Å². The predicted octanol–water partition coefficient (Wildman–Crippen LogP) is 0.0685. The highest BCUT2D eigenvalue weighted by atomic mass is 16.6. The molecule has 0 aliphatic heterocycles. The van der Waals surface area contributed by atoms with Gasteiger partial charge in [-0.25, -0.2) is 4.79 Å². The third kappa shape index (κ3) is 3.95. The molecule has 0 spiro atoms. The van der Waals surface area contributed by atoms with Gasteiger partial charge in [0, 0.05) is 19.7 Å². The van der Waals surface area contributed by atoms with Crippen LogP contribution in [0, 0.1) is 0 Å². The minimum absolute atomic E-state index is 0.0503. The van der Waals surface area contributed by atoms with Crippen molar-refractivity contribution in [3.63, 3.8) is 0 Å². The van der Waals surface area contributed by atoms with Crippen molar-refractivity contribution in [1.82, 2.24) is 4.90 Å². The number of aliphatic hydroxyl groups excluding tert-OH is 1. The molecule has 0 aromatic heterocycles. The first kappa shape index (κ1) is 13.4. The number of aliphatic hydroxyl groups is 1. The molecule has 1 unspecified atom stereocenters. The lowest BCUT2D eigenvalue weighted by atomic mass is 10.1. The van der Waals surface area contributed by atoms with Crippen molar-refractivity contribution in [3.8, 4) is 0 Å². The monoisotopic (exact) mass is 213 g/mol. The molecule has 0 heterocycles. The Morgan fingerprint density at radius 1 is 1.27 bits per heavy atom. The Balaban J connectivity index is 4.53. The molecule has 0 saturated carbocycles. The van der Waals surface area contributed by atoms with E-state index in [0.717, 1.165) is 0 Å². The van der Waals surface area contributed by atoms with E-state index in [0.29, 0.717) is 0 Å². The zero-order valence-corrected chi connectivity index (χ0v) is 9.11. The largest absolute Gasteiger partial charge is 0.433 e. The summed E-state index contributed by atoms with van der Waals surface area (Å²) < 4.78 is 4.45. The molecule has 0 rings (SSSR count). The van der Waals surface area contributed by atoms with Crippen LogP contribution in [0.25, 0.3) is 0 Å². The van der Waals surface area contributed by atoms with Crippen molar-refractivity contribution in [2.75, 3.05) is 14.1 Å². The Bertz CT molecular complexity index is 305. The van der Waals surface area contributed by atoms with Crippen LogP contribution in [0.15, 0.2) is 24.3 Å². The molecule has 1 atom stereocenters. The number of rotatable bonds is 4. The molecule has 0 aromatic carbocycles. The number of amides is 1. The molecule has 5 heteroatoms. The molecule has 0 bridgehead atoms. The van der Waals surface area contributed by atoms with E-state index in [1.165, 1.54) is 25.9 Å². The second-order valence-electron chi connectivity index (χ2n) is 3.16. The second kappa shape index (κ2) is 5.31. The molecule has 84 valence electrons. The van der Waals surface area contributed by atoms with Crippen LogP contribution >= 0.6 is 0 Å². The van der Waals surface area contributed by atoms with Crippen LogP contribution in [0.4, 0.5) is 0 Å². The standard InChI is InChI=1S/C10H15NO4/c1-6(9(13)11(4)5)7(2)10(14)15-8(3)12/h8,12H,1-2H2,3-5H3. The van der Waals surface area contributed by atoms with Gasteiger partial charge in [0.25, 0.3) is 5.91 Å². The molecular formula is C10H15NO4. The predicted molar refractivity (Wildman–Crippen MR) is 54.7 cm³/mol. The molecule has 0 radical (unpaired) electrons. The topological polar surface area (TPSA) is 66.8 Å². The van der Waals surface area contributed by atoms with Crippen molar-refractivity contribution in [2.45, 2.75) is 13.2 Å². The van der Waals surface area contributed by atoms with Gasteiger partial charge in [0.1, 0.15) is 0 Å². The van der Waals surface area contributed by atoms with Gasteiger partial charge in [-0.15, -0.1) is 0 Å². The maximum absolute atomic E-state index is 11.4. The highest BCUT2D eigenvalue weighted by molar-refractivity contribution is 6.08. The van der Waals surface area contributed by atoms with E-state index in [4.69, 9.17) is 5.11 Å².